The number of nitrogens with two attached hydrogens (primary N) is 1. The monoisotopic (exact) mass is 492 g/mol. The Morgan fingerprint density at radius 1 is 1.08 bits per heavy atom. The smallest absolute Gasteiger partial charge is 0.381 e. The van der Waals surface area contributed by atoms with Crippen molar-refractivity contribution in [2.24, 2.45) is 0 Å². The number of hydrogen-bond donors (Lipinski definition) is 2. The Hall–Kier alpha value is -4.67. The van der Waals surface area contributed by atoms with Gasteiger partial charge in [-0.3, -0.25) is 14.2 Å². The lowest BCUT2D eigenvalue weighted by atomic mass is 10.0. The number of aromatic nitrogens is 4. The van der Waals surface area contributed by atoms with Crippen LogP contribution >= 0.6 is 0 Å². The summed E-state index contributed by atoms with van der Waals surface area (Å²) < 4.78 is 43.8. The van der Waals surface area contributed by atoms with Crippen LogP contribution in [0.2, 0.25) is 0 Å². The van der Waals surface area contributed by atoms with E-state index in [1.807, 2.05) is 0 Å². The molecule has 0 radical (unpaired) electrons. The number of nitrogens with zero attached hydrogens (tertiary/aromatic N) is 4. The molecule has 0 aliphatic rings. The quantitative estimate of drug-likeness (QED) is 0.392. The molecule has 8 nitrogen and oxygen atoms in total. The molecule has 5 rings (SSSR count). The third-order valence-corrected chi connectivity index (χ3v) is 5.84. The van der Waals surface area contributed by atoms with Gasteiger partial charge in [0.2, 0.25) is 0 Å². The third-order valence-electron chi connectivity index (χ3n) is 5.84. The van der Waals surface area contributed by atoms with Crippen molar-refractivity contribution in [3.63, 3.8) is 0 Å². The molecule has 5 aromatic rings. The number of benzene rings is 2. The summed E-state index contributed by atoms with van der Waals surface area (Å²) in [7, 11) is 0. The van der Waals surface area contributed by atoms with E-state index in [4.69, 9.17) is 5.73 Å². The summed E-state index contributed by atoms with van der Waals surface area (Å²) in [6, 6.07) is 14.1. The van der Waals surface area contributed by atoms with Gasteiger partial charge in [-0.15, -0.1) is 5.10 Å². The Bertz CT molecular complexity index is 1680. The van der Waals surface area contributed by atoms with E-state index in [1.165, 1.54) is 33.5 Å². The largest absolute Gasteiger partial charge is 0.417 e. The van der Waals surface area contributed by atoms with Crippen molar-refractivity contribution in [1.29, 1.82) is 0 Å². The molecule has 0 unspecified atom stereocenters. The molecule has 0 bridgehead atoms. The van der Waals surface area contributed by atoms with Gasteiger partial charge in [0.25, 0.3) is 11.5 Å². The summed E-state index contributed by atoms with van der Waals surface area (Å²) in [5.41, 5.74) is 5.02. The zero-order valence-corrected chi connectivity index (χ0v) is 18.8. The molecule has 3 N–H and O–H groups in total. The van der Waals surface area contributed by atoms with Crippen LogP contribution in [-0.4, -0.2) is 25.1 Å². The molecular weight excluding hydrogens is 473 g/mol. The Labute approximate surface area is 201 Å². The fourth-order valence-corrected chi connectivity index (χ4v) is 4.24. The summed E-state index contributed by atoms with van der Waals surface area (Å²) in [6.07, 6.45) is -1.64. The number of carbonyl (C=O) groups excluding carboxylic acids is 1. The second-order valence-corrected chi connectivity index (χ2v) is 8.16. The first kappa shape index (κ1) is 23.1. The average Bonchev–Trinajstić information content (AvgIpc) is 3.19. The molecule has 0 saturated heterocycles. The van der Waals surface area contributed by atoms with Crippen molar-refractivity contribution in [3.05, 3.63) is 100 Å². The molecule has 1 amide bonds. The molecule has 0 saturated carbocycles. The van der Waals surface area contributed by atoms with Crippen LogP contribution in [0.4, 0.5) is 19.0 Å². The fraction of sp³-hybridized carbons (Fsp3) is 0.120. The van der Waals surface area contributed by atoms with Crippen molar-refractivity contribution in [2.75, 3.05) is 5.73 Å². The minimum atomic E-state index is -4.72. The second kappa shape index (κ2) is 8.52. The fourth-order valence-electron chi connectivity index (χ4n) is 4.24. The second-order valence-electron chi connectivity index (χ2n) is 8.16. The Balaban J connectivity index is 1.67. The standard InChI is InChI=1S/C25H19F3N6O2/c1-14(31-23(35)20-21(29)32-33-12-6-11-30-22(20)33)18-13-15-7-5-10-17(25(26,27)28)19(15)24(36)34(18)16-8-3-2-4-9-16/h2-14H,1H3,(H2,29,32)(H,31,35)/t14-/m0/s1. The van der Waals surface area contributed by atoms with Crippen molar-refractivity contribution in [3.8, 4) is 5.69 Å². The summed E-state index contributed by atoms with van der Waals surface area (Å²) in [6.45, 7) is 1.63. The van der Waals surface area contributed by atoms with Crippen LogP contribution in [0.25, 0.3) is 22.1 Å². The molecule has 0 fully saturated rings. The first-order valence-corrected chi connectivity index (χ1v) is 10.9. The number of rotatable bonds is 4. The van der Waals surface area contributed by atoms with Gasteiger partial charge in [0, 0.05) is 23.8 Å². The maximum Gasteiger partial charge on any atom is 0.417 e. The molecule has 3 heterocycles. The SMILES string of the molecule is C[C@H](NC(=O)c1c(N)nn2cccnc12)c1cc2cccc(C(F)(F)F)c2c(=O)n1-c1ccccc1. The lowest BCUT2D eigenvalue weighted by Gasteiger charge is -2.22. The van der Waals surface area contributed by atoms with Crippen LogP contribution in [0.3, 0.4) is 0 Å². The molecule has 1 atom stereocenters. The van der Waals surface area contributed by atoms with Crippen molar-refractivity contribution >= 4 is 28.1 Å². The lowest BCUT2D eigenvalue weighted by molar-refractivity contribution is -0.136. The van der Waals surface area contributed by atoms with E-state index < -0.39 is 34.6 Å². The number of carbonyl (C=O) groups is 1. The molecule has 0 aliphatic carbocycles. The highest BCUT2D eigenvalue weighted by molar-refractivity contribution is 6.04. The van der Waals surface area contributed by atoms with Gasteiger partial charge in [-0.1, -0.05) is 30.3 Å². The van der Waals surface area contributed by atoms with E-state index in [-0.39, 0.29) is 28.1 Å². The summed E-state index contributed by atoms with van der Waals surface area (Å²) >= 11 is 0. The van der Waals surface area contributed by atoms with E-state index in [0.29, 0.717) is 5.69 Å². The average molecular weight is 492 g/mol. The molecule has 0 spiro atoms. The Kier molecular flexibility index (Phi) is 5.47. The lowest BCUT2D eigenvalue weighted by Crippen LogP contribution is -2.33. The summed E-state index contributed by atoms with van der Waals surface area (Å²) in [5.74, 6) is -0.628. The zero-order valence-electron chi connectivity index (χ0n) is 18.8. The molecular formula is C25H19F3N6O2. The van der Waals surface area contributed by atoms with E-state index in [9.17, 15) is 22.8 Å². The molecule has 182 valence electrons. The highest BCUT2D eigenvalue weighted by atomic mass is 19.4. The normalized spacial score (nSPS) is 12.7. The van der Waals surface area contributed by atoms with Crippen molar-refractivity contribution < 1.29 is 18.0 Å². The number of hydrogen-bond acceptors (Lipinski definition) is 5. The van der Waals surface area contributed by atoms with Gasteiger partial charge in [0.15, 0.2) is 11.5 Å². The number of amides is 1. The van der Waals surface area contributed by atoms with Crippen LogP contribution in [-0.2, 0) is 6.18 Å². The maximum atomic E-state index is 13.8. The number of pyridine rings is 1. The first-order valence-electron chi connectivity index (χ1n) is 10.9. The van der Waals surface area contributed by atoms with Crippen LogP contribution in [0, 0.1) is 0 Å². The van der Waals surface area contributed by atoms with Gasteiger partial charge in [-0.25, -0.2) is 9.50 Å². The minimum Gasteiger partial charge on any atom is -0.381 e. The summed E-state index contributed by atoms with van der Waals surface area (Å²) in [5, 5.41) is 6.52. The molecule has 0 aliphatic heterocycles. The number of fused-ring (bicyclic) bond motifs is 2. The van der Waals surface area contributed by atoms with Gasteiger partial charge in [0.05, 0.1) is 17.0 Å². The van der Waals surface area contributed by atoms with Crippen LogP contribution in [0.5, 0.6) is 0 Å². The van der Waals surface area contributed by atoms with Gasteiger partial charge in [-0.2, -0.15) is 13.2 Å². The maximum absolute atomic E-state index is 13.8. The molecule has 11 heteroatoms. The van der Waals surface area contributed by atoms with Gasteiger partial charge < -0.3 is 11.1 Å². The van der Waals surface area contributed by atoms with Crippen LogP contribution in [0.15, 0.2) is 77.9 Å². The molecule has 36 heavy (non-hydrogen) atoms. The number of nitrogens with one attached hydrogen (secondary N) is 1. The van der Waals surface area contributed by atoms with Crippen LogP contribution in [0.1, 0.15) is 34.6 Å². The van der Waals surface area contributed by atoms with Gasteiger partial charge in [0.1, 0.15) is 5.56 Å². The third kappa shape index (κ3) is 3.84. The highest BCUT2D eigenvalue weighted by Gasteiger charge is 2.34. The van der Waals surface area contributed by atoms with Crippen LogP contribution < -0.4 is 16.6 Å². The molecule has 3 aromatic heterocycles. The predicted octanol–water partition coefficient (Wildman–Crippen LogP) is 4.13. The molecule has 2 aromatic carbocycles. The van der Waals surface area contributed by atoms with E-state index in [1.54, 1.807) is 49.5 Å². The highest BCUT2D eigenvalue weighted by Crippen LogP contribution is 2.34. The predicted molar refractivity (Wildman–Crippen MR) is 128 cm³/mol. The number of alkyl halides is 3. The topological polar surface area (TPSA) is 107 Å². The van der Waals surface area contributed by atoms with Crippen molar-refractivity contribution in [2.45, 2.75) is 19.1 Å². The van der Waals surface area contributed by atoms with E-state index >= 15 is 0 Å². The number of halogens is 3. The summed E-state index contributed by atoms with van der Waals surface area (Å²) in [4.78, 5) is 30.9. The first-order chi connectivity index (χ1) is 17.2. The zero-order chi connectivity index (χ0) is 25.6. The van der Waals surface area contributed by atoms with E-state index in [2.05, 4.69) is 15.4 Å². The number of nitrogen functional groups attached to an aromatic ring is 1. The Morgan fingerprint density at radius 3 is 2.56 bits per heavy atom. The van der Waals surface area contributed by atoms with Gasteiger partial charge in [-0.05, 0) is 42.6 Å². The minimum absolute atomic E-state index is 0.0350. The number of anilines is 1. The van der Waals surface area contributed by atoms with Crippen molar-refractivity contribution in [1.82, 2.24) is 24.5 Å². The number of para-hydroxylation sites is 1. The van der Waals surface area contributed by atoms with Gasteiger partial charge >= 0.3 is 6.18 Å². The Morgan fingerprint density at radius 2 is 1.83 bits per heavy atom. The van der Waals surface area contributed by atoms with E-state index in [0.717, 1.165) is 6.07 Å².